The quantitative estimate of drug-likeness (QED) is 0.0398. The van der Waals surface area contributed by atoms with Crippen LogP contribution in [0.1, 0.15) is 122 Å². The van der Waals surface area contributed by atoms with Crippen LogP contribution in [-0.4, -0.2) is 135 Å². The number of amides is 8. The van der Waals surface area contributed by atoms with Crippen molar-refractivity contribution in [3.63, 3.8) is 0 Å². The van der Waals surface area contributed by atoms with Crippen LogP contribution in [0.25, 0.3) is 0 Å². The molecule has 0 saturated heterocycles. The second-order valence-electron chi connectivity index (χ2n) is 24.3. The predicted octanol–water partition coefficient (Wildman–Crippen LogP) is 5.98. The minimum Gasteiger partial charge on any atom is -0.382 e. The molecule has 2 aliphatic rings. The summed E-state index contributed by atoms with van der Waals surface area (Å²) in [5.74, 6) is -3.33. The summed E-state index contributed by atoms with van der Waals surface area (Å²) in [7, 11) is 6.41. The lowest BCUT2D eigenvalue weighted by Gasteiger charge is -2.41. The molecule has 7 rings (SSSR count). The standard InChI is InChI=1S/C66H84N10O10/c1-39(67-9)57(77)73-55(65(3,4)5)63(83)75-35-47-31-49(29-27-45(47)33-53(75)61(81)71-51(37-85-11)41-19-15-13-16-20-41)69-59(79)43-23-25-44(26-24-43)60(80)70-50-30-28-46-34-54(62(82)72-52(38-86-12)42-21-17-14-18-22-42)76(36-48(46)32-50)64(84)56(66(6,7)8)74-58(78)40(2)68-10/h13-32,39-40,51-56,67-68H,33-38H2,1-12H3,(H,69,79)(H,70,80)(H,71,81)(H,72,82)(H,73,77)(H,74,78)/t39-,40-,51?,52?,53?,54?,55?,56?/m0/s1. The Morgan fingerprint density at radius 1 is 0.488 bits per heavy atom. The molecule has 458 valence electrons. The van der Waals surface area contributed by atoms with Crippen LogP contribution in [0, 0.1) is 10.8 Å². The Balaban J connectivity index is 1.08. The van der Waals surface area contributed by atoms with E-state index in [1.54, 1.807) is 66.4 Å². The number of methoxy groups -OCH3 is 2. The van der Waals surface area contributed by atoms with E-state index < -0.39 is 94.6 Å². The summed E-state index contributed by atoms with van der Waals surface area (Å²) >= 11 is 0. The second-order valence-corrected chi connectivity index (χ2v) is 24.3. The van der Waals surface area contributed by atoms with Gasteiger partial charge in [0.05, 0.1) is 37.4 Å². The van der Waals surface area contributed by atoms with Crippen LogP contribution in [0.3, 0.4) is 0 Å². The van der Waals surface area contributed by atoms with Crippen LogP contribution in [0.4, 0.5) is 11.4 Å². The number of rotatable bonds is 22. The van der Waals surface area contributed by atoms with Crippen molar-refractivity contribution < 1.29 is 47.8 Å². The zero-order chi connectivity index (χ0) is 62.6. The maximum atomic E-state index is 14.9. The molecular weight excluding hydrogens is 1090 g/mol. The predicted molar refractivity (Wildman–Crippen MR) is 330 cm³/mol. The van der Waals surface area contributed by atoms with Gasteiger partial charge in [0.2, 0.25) is 35.4 Å². The fourth-order valence-corrected chi connectivity index (χ4v) is 10.5. The number of benzene rings is 5. The van der Waals surface area contributed by atoms with Crippen LogP contribution < -0.4 is 42.5 Å². The first-order chi connectivity index (χ1) is 40.8. The van der Waals surface area contributed by atoms with Gasteiger partial charge in [-0.05, 0) is 121 Å². The molecule has 8 atom stereocenters. The third kappa shape index (κ3) is 16.2. The third-order valence-electron chi connectivity index (χ3n) is 15.9. The molecule has 0 saturated carbocycles. The van der Waals surface area contributed by atoms with E-state index in [0.29, 0.717) is 22.5 Å². The van der Waals surface area contributed by atoms with E-state index in [2.05, 4.69) is 42.5 Å². The van der Waals surface area contributed by atoms with E-state index in [1.807, 2.05) is 114 Å². The van der Waals surface area contributed by atoms with Gasteiger partial charge >= 0.3 is 0 Å². The van der Waals surface area contributed by atoms with E-state index in [9.17, 15) is 38.4 Å². The van der Waals surface area contributed by atoms with Crippen LogP contribution in [0.5, 0.6) is 0 Å². The minimum atomic E-state index is -1.00. The summed E-state index contributed by atoms with van der Waals surface area (Å²) in [6, 6.07) is 29.5. The van der Waals surface area contributed by atoms with Crippen molar-refractivity contribution >= 4 is 58.6 Å². The highest BCUT2D eigenvalue weighted by molar-refractivity contribution is 6.07. The normalized spacial score (nSPS) is 17.0. The molecule has 8 amide bonds. The van der Waals surface area contributed by atoms with Crippen LogP contribution in [0.2, 0.25) is 0 Å². The van der Waals surface area contributed by atoms with Gasteiger partial charge in [-0.25, -0.2) is 0 Å². The topological polar surface area (TPSA) is 258 Å². The van der Waals surface area contributed by atoms with E-state index in [1.165, 1.54) is 34.1 Å². The maximum absolute atomic E-state index is 14.9. The average molecular weight is 1180 g/mol. The molecule has 2 heterocycles. The van der Waals surface area contributed by atoms with E-state index in [4.69, 9.17) is 9.47 Å². The van der Waals surface area contributed by atoms with Crippen molar-refractivity contribution in [3.05, 3.63) is 166 Å². The molecular formula is C66H84N10O10. The zero-order valence-corrected chi connectivity index (χ0v) is 51.4. The average Bonchev–Trinajstić information content (AvgIpc) is 0.918. The van der Waals surface area contributed by atoms with Crippen molar-refractivity contribution in [2.45, 2.75) is 130 Å². The van der Waals surface area contributed by atoms with Crippen molar-refractivity contribution in [1.29, 1.82) is 0 Å². The Labute approximate surface area is 504 Å². The number of nitrogens with zero attached hydrogens (tertiary/aromatic N) is 2. The summed E-state index contributed by atoms with van der Waals surface area (Å²) in [5, 5.41) is 23.8. The lowest BCUT2D eigenvalue weighted by Crippen LogP contribution is -2.62. The number of nitrogens with one attached hydrogen (secondary N) is 8. The molecule has 6 unspecified atom stereocenters. The highest BCUT2D eigenvalue weighted by Gasteiger charge is 2.45. The number of anilines is 2. The molecule has 86 heavy (non-hydrogen) atoms. The smallest absolute Gasteiger partial charge is 0.255 e. The molecule has 2 aliphatic heterocycles. The number of hydrogen-bond acceptors (Lipinski definition) is 12. The zero-order valence-electron chi connectivity index (χ0n) is 51.4. The highest BCUT2D eigenvalue weighted by atomic mass is 16.5. The van der Waals surface area contributed by atoms with Gasteiger partial charge in [0.25, 0.3) is 11.8 Å². The molecule has 0 aliphatic carbocycles. The van der Waals surface area contributed by atoms with Crippen LogP contribution in [0.15, 0.2) is 121 Å². The second kappa shape index (κ2) is 28.7. The number of carbonyl (C=O) groups excluding carboxylic acids is 8. The molecule has 0 spiro atoms. The van der Waals surface area contributed by atoms with Gasteiger partial charge in [-0.3, -0.25) is 38.4 Å². The van der Waals surface area contributed by atoms with Crippen molar-refractivity contribution in [1.82, 2.24) is 41.7 Å². The fourth-order valence-electron chi connectivity index (χ4n) is 10.5. The van der Waals surface area contributed by atoms with Crippen LogP contribution in [-0.2, 0) is 64.2 Å². The summed E-state index contributed by atoms with van der Waals surface area (Å²) in [6.07, 6.45) is 0.307. The maximum Gasteiger partial charge on any atom is 0.255 e. The largest absolute Gasteiger partial charge is 0.382 e. The molecule has 20 nitrogen and oxygen atoms in total. The Hall–Kier alpha value is -8.30. The summed E-state index contributed by atoms with van der Waals surface area (Å²) in [4.78, 5) is 116. The van der Waals surface area contributed by atoms with Crippen molar-refractivity contribution in [3.8, 4) is 0 Å². The van der Waals surface area contributed by atoms with Crippen LogP contribution >= 0.6 is 0 Å². The lowest BCUT2D eigenvalue weighted by atomic mass is 9.84. The molecule has 0 radical (unpaired) electrons. The van der Waals surface area contributed by atoms with Gasteiger partial charge in [0.15, 0.2) is 0 Å². The number of likely N-dealkylation sites (N-methyl/N-ethyl adjacent to an activating group) is 2. The first-order valence-electron chi connectivity index (χ1n) is 29.1. The third-order valence-corrected chi connectivity index (χ3v) is 15.9. The van der Waals surface area contributed by atoms with Gasteiger partial charge < -0.3 is 61.8 Å². The Morgan fingerprint density at radius 2 is 0.837 bits per heavy atom. The summed E-state index contributed by atoms with van der Waals surface area (Å²) in [6.45, 7) is 14.9. The van der Waals surface area contributed by atoms with Crippen molar-refractivity contribution in [2.75, 3.05) is 52.2 Å². The number of fused-ring (bicyclic) bond motifs is 2. The molecule has 0 fully saturated rings. The lowest BCUT2D eigenvalue weighted by molar-refractivity contribution is -0.147. The van der Waals surface area contributed by atoms with E-state index in [0.717, 1.165) is 22.3 Å². The number of ether oxygens (including phenoxy) is 2. The number of carbonyl (C=O) groups is 8. The Morgan fingerprint density at radius 3 is 1.15 bits per heavy atom. The molecule has 5 aromatic carbocycles. The molecule has 5 aromatic rings. The first-order valence-corrected chi connectivity index (χ1v) is 29.1. The molecule has 8 N–H and O–H groups in total. The number of hydrogen-bond donors (Lipinski definition) is 8. The van der Waals surface area contributed by atoms with Gasteiger partial charge in [-0.15, -0.1) is 0 Å². The SMILES string of the molecule is CN[C@@H](C)C(=O)NC(C(=O)N1Cc2cc(NC(=O)c3ccc(C(=O)Nc4ccc5c(c4)CN(C(=O)C(NC(=O)[C@H](C)NC)C(C)(C)C)C(C(=O)NC(COC)c4ccccc4)C5)cc3)ccc2CC1C(=O)NC(COC)c1ccccc1)C(C)(C)C. The van der Waals surface area contributed by atoms with Gasteiger partial charge in [0.1, 0.15) is 24.2 Å². The monoisotopic (exact) mass is 1180 g/mol. The Kier molecular flexibility index (Phi) is 21.8. The van der Waals surface area contributed by atoms with Crippen molar-refractivity contribution in [2.24, 2.45) is 10.8 Å². The molecule has 20 heteroatoms. The molecule has 0 bridgehead atoms. The molecule has 0 aromatic heterocycles. The summed E-state index contributed by atoms with van der Waals surface area (Å²) in [5.41, 5.74) is 4.54. The summed E-state index contributed by atoms with van der Waals surface area (Å²) < 4.78 is 11.0. The van der Waals surface area contributed by atoms with Gasteiger partial charge in [-0.2, -0.15) is 0 Å². The highest BCUT2D eigenvalue weighted by Crippen LogP contribution is 2.33. The fraction of sp³-hybridized carbons (Fsp3) is 0.424. The Bertz CT molecular complexity index is 3020. The van der Waals surface area contributed by atoms with Gasteiger partial charge in [0, 0.05) is 62.7 Å². The minimum absolute atomic E-state index is 0.00116. The van der Waals surface area contributed by atoms with E-state index in [-0.39, 0.29) is 62.1 Å². The first kappa shape index (κ1) is 65.2. The van der Waals surface area contributed by atoms with E-state index >= 15 is 0 Å². The van der Waals surface area contributed by atoms with Gasteiger partial charge in [-0.1, -0.05) is 114 Å².